The van der Waals surface area contributed by atoms with Crippen molar-refractivity contribution in [1.29, 1.82) is 0 Å². The topological polar surface area (TPSA) is 95.8 Å². The Morgan fingerprint density at radius 2 is 1.88 bits per heavy atom. The molecule has 0 saturated carbocycles. The Kier molecular flexibility index (Phi) is 6.46. The Hall–Kier alpha value is -3.27. The molecule has 0 bridgehead atoms. The van der Waals surface area contributed by atoms with Gasteiger partial charge in [0.1, 0.15) is 22.1 Å². The molecule has 0 unspecified atom stereocenters. The number of aryl methyl sites for hydroxylation is 1. The van der Waals surface area contributed by atoms with E-state index in [2.05, 4.69) is 15.0 Å². The second-order valence-electron chi connectivity index (χ2n) is 7.95. The quantitative estimate of drug-likeness (QED) is 0.297. The molecule has 0 aliphatic carbocycles. The molecule has 0 fully saturated rings. The first kappa shape index (κ1) is 22.9. The highest BCUT2D eigenvalue weighted by Gasteiger charge is 2.20. The van der Waals surface area contributed by atoms with E-state index in [1.165, 1.54) is 35.5 Å². The van der Waals surface area contributed by atoms with Crippen LogP contribution in [0.1, 0.15) is 44.8 Å². The van der Waals surface area contributed by atoms with Crippen LogP contribution in [0.15, 0.2) is 49.5 Å². The lowest BCUT2D eigenvalue weighted by molar-refractivity contribution is 0.529. The van der Waals surface area contributed by atoms with E-state index in [4.69, 9.17) is 4.42 Å². The van der Waals surface area contributed by atoms with Crippen molar-refractivity contribution < 1.29 is 8.81 Å². The standard InChI is InChI=1S/C23H24FN5O3S/c1-5-10-29-20-18(22(30)28(4)23(29)31)21(27-19(26-20)13(2)3)33-12-17-25-11-16(32-17)14-6-8-15(24)9-7-14/h6-9,11,13H,5,10,12H2,1-4H3. The molecule has 0 radical (unpaired) electrons. The molecule has 0 aliphatic heterocycles. The number of hydrogen-bond donors (Lipinski definition) is 0. The largest absolute Gasteiger partial charge is 0.440 e. The number of benzene rings is 1. The number of halogens is 1. The van der Waals surface area contributed by atoms with E-state index >= 15 is 0 Å². The fraction of sp³-hybridized carbons (Fsp3) is 0.348. The fourth-order valence-electron chi connectivity index (χ4n) is 3.40. The van der Waals surface area contributed by atoms with Gasteiger partial charge in [-0.25, -0.2) is 24.1 Å². The Morgan fingerprint density at radius 3 is 2.55 bits per heavy atom. The summed E-state index contributed by atoms with van der Waals surface area (Å²) in [5.74, 6) is 1.52. The Morgan fingerprint density at radius 1 is 1.15 bits per heavy atom. The van der Waals surface area contributed by atoms with Crippen LogP contribution in [-0.2, 0) is 19.3 Å². The van der Waals surface area contributed by atoms with Gasteiger partial charge in [0.2, 0.25) is 5.89 Å². The van der Waals surface area contributed by atoms with Gasteiger partial charge in [0.05, 0.1) is 11.9 Å². The van der Waals surface area contributed by atoms with Gasteiger partial charge in [0.25, 0.3) is 5.56 Å². The normalized spacial score (nSPS) is 11.6. The lowest BCUT2D eigenvalue weighted by atomic mass is 10.2. The van der Waals surface area contributed by atoms with Gasteiger partial charge in [-0.3, -0.25) is 13.9 Å². The summed E-state index contributed by atoms with van der Waals surface area (Å²) in [6.45, 7) is 6.33. The van der Waals surface area contributed by atoms with Crippen molar-refractivity contribution in [2.45, 2.75) is 50.4 Å². The summed E-state index contributed by atoms with van der Waals surface area (Å²) in [5.41, 5.74) is 0.243. The van der Waals surface area contributed by atoms with Gasteiger partial charge < -0.3 is 4.42 Å². The Balaban J connectivity index is 1.75. The zero-order chi connectivity index (χ0) is 23.7. The fourth-order valence-corrected chi connectivity index (χ4v) is 4.27. The van der Waals surface area contributed by atoms with Crippen LogP contribution in [-0.4, -0.2) is 24.1 Å². The molecule has 0 saturated heterocycles. The van der Waals surface area contributed by atoms with E-state index in [0.717, 1.165) is 11.0 Å². The Labute approximate surface area is 193 Å². The molecule has 172 valence electrons. The molecular formula is C23H24FN5O3S. The van der Waals surface area contributed by atoms with Crippen molar-refractivity contribution in [2.24, 2.45) is 7.05 Å². The van der Waals surface area contributed by atoms with Gasteiger partial charge in [0, 0.05) is 25.1 Å². The van der Waals surface area contributed by atoms with Crippen LogP contribution in [0.3, 0.4) is 0 Å². The van der Waals surface area contributed by atoms with Gasteiger partial charge in [0.15, 0.2) is 11.4 Å². The first-order valence-corrected chi connectivity index (χ1v) is 11.6. The smallest absolute Gasteiger partial charge is 0.332 e. The molecule has 0 N–H and O–H groups in total. The van der Waals surface area contributed by atoms with Gasteiger partial charge in [-0.05, 0) is 30.7 Å². The predicted octanol–water partition coefficient (Wildman–Crippen LogP) is 4.11. The van der Waals surface area contributed by atoms with Gasteiger partial charge in [-0.15, -0.1) is 0 Å². The van der Waals surface area contributed by atoms with E-state index < -0.39 is 11.2 Å². The van der Waals surface area contributed by atoms with E-state index in [1.807, 2.05) is 20.8 Å². The van der Waals surface area contributed by atoms with Gasteiger partial charge in [-0.2, -0.15) is 0 Å². The summed E-state index contributed by atoms with van der Waals surface area (Å²) in [6.07, 6.45) is 2.30. The van der Waals surface area contributed by atoms with Crippen LogP contribution in [0, 0.1) is 5.82 Å². The minimum absolute atomic E-state index is 0.00908. The van der Waals surface area contributed by atoms with Crippen LogP contribution in [0.5, 0.6) is 0 Å². The molecule has 8 nitrogen and oxygen atoms in total. The van der Waals surface area contributed by atoms with Crippen molar-refractivity contribution >= 4 is 22.8 Å². The third-order valence-corrected chi connectivity index (χ3v) is 6.10. The van der Waals surface area contributed by atoms with E-state index in [-0.39, 0.29) is 11.7 Å². The molecule has 0 atom stereocenters. The summed E-state index contributed by atoms with van der Waals surface area (Å²) in [4.78, 5) is 39.3. The minimum Gasteiger partial charge on any atom is -0.440 e. The van der Waals surface area contributed by atoms with Crippen molar-refractivity contribution in [1.82, 2.24) is 24.1 Å². The lowest BCUT2D eigenvalue weighted by Gasteiger charge is -2.14. The molecule has 33 heavy (non-hydrogen) atoms. The summed E-state index contributed by atoms with van der Waals surface area (Å²) in [5, 5.41) is 0.793. The molecule has 0 amide bonds. The average Bonchev–Trinajstić information content (AvgIpc) is 3.28. The van der Waals surface area contributed by atoms with E-state index in [0.29, 0.717) is 51.4 Å². The molecule has 10 heteroatoms. The van der Waals surface area contributed by atoms with Crippen LogP contribution in [0.4, 0.5) is 4.39 Å². The van der Waals surface area contributed by atoms with Crippen LogP contribution >= 0.6 is 11.8 Å². The average molecular weight is 470 g/mol. The molecule has 0 spiro atoms. The third-order valence-electron chi connectivity index (χ3n) is 5.14. The van der Waals surface area contributed by atoms with Crippen molar-refractivity contribution in [3.8, 4) is 11.3 Å². The second-order valence-corrected chi connectivity index (χ2v) is 8.92. The molecule has 3 aromatic heterocycles. The summed E-state index contributed by atoms with van der Waals surface area (Å²) < 4.78 is 21.6. The van der Waals surface area contributed by atoms with Crippen LogP contribution in [0.2, 0.25) is 0 Å². The molecule has 4 rings (SSSR count). The second kappa shape index (κ2) is 9.30. The molecular weight excluding hydrogens is 445 g/mol. The number of nitrogens with zero attached hydrogens (tertiary/aromatic N) is 5. The molecule has 4 aromatic rings. The highest BCUT2D eigenvalue weighted by molar-refractivity contribution is 7.98. The molecule has 3 heterocycles. The monoisotopic (exact) mass is 469 g/mol. The molecule has 0 aliphatic rings. The van der Waals surface area contributed by atoms with Crippen LogP contribution in [0.25, 0.3) is 22.4 Å². The van der Waals surface area contributed by atoms with Gasteiger partial charge >= 0.3 is 5.69 Å². The number of hydrogen-bond acceptors (Lipinski definition) is 7. The maximum absolute atomic E-state index is 13.2. The number of rotatable bonds is 7. The zero-order valence-electron chi connectivity index (χ0n) is 18.8. The SMILES string of the molecule is CCCn1c(=O)n(C)c(=O)c2c(SCc3ncc(-c4ccc(F)cc4)o3)nc(C(C)C)nc21. The lowest BCUT2D eigenvalue weighted by Crippen LogP contribution is -2.39. The first-order valence-electron chi connectivity index (χ1n) is 10.6. The summed E-state index contributed by atoms with van der Waals surface area (Å²) in [6, 6.07) is 5.96. The number of thioether (sulfide) groups is 1. The number of fused-ring (bicyclic) bond motifs is 1. The van der Waals surface area contributed by atoms with E-state index in [9.17, 15) is 14.0 Å². The van der Waals surface area contributed by atoms with Crippen molar-refractivity contribution in [3.05, 3.63) is 68.8 Å². The highest BCUT2D eigenvalue weighted by atomic mass is 32.2. The van der Waals surface area contributed by atoms with Gasteiger partial charge in [-0.1, -0.05) is 32.5 Å². The van der Waals surface area contributed by atoms with Crippen molar-refractivity contribution in [2.75, 3.05) is 0 Å². The molecule has 1 aromatic carbocycles. The maximum atomic E-state index is 13.2. The van der Waals surface area contributed by atoms with E-state index in [1.54, 1.807) is 18.3 Å². The number of aromatic nitrogens is 5. The minimum atomic E-state index is -0.431. The third kappa shape index (κ3) is 4.47. The van der Waals surface area contributed by atoms with Crippen molar-refractivity contribution in [3.63, 3.8) is 0 Å². The first-order chi connectivity index (χ1) is 15.8. The summed E-state index contributed by atoms with van der Waals surface area (Å²) >= 11 is 1.31. The predicted molar refractivity (Wildman–Crippen MR) is 125 cm³/mol. The maximum Gasteiger partial charge on any atom is 0.332 e. The highest BCUT2D eigenvalue weighted by Crippen LogP contribution is 2.29. The van der Waals surface area contributed by atoms with Crippen LogP contribution < -0.4 is 11.2 Å². The Bertz CT molecular complexity index is 1420. The zero-order valence-corrected chi connectivity index (χ0v) is 19.6. The number of oxazole rings is 1. The summed E-state index contributed by atoms with van der Waals surface area (Å²) in [7, 11) is 1.46.